The molecule has 1 fully saturated rings. The minimum Gasteiger partial charge on any atom is -0.508 e. The molecule has 1 aromatic carbocycles. The number of anilines is 2. The third-order valence-corrected chi connectivity index (χ3v) is 4.48. The van der Waals surface area contributed by atoms with Crippen molar-refractivity contribution in [1.82, 2.24) is 19.8 Å². The lowest BCUT2D eigenvalue weighted by molar-refractivity contribution is 0.475. The van der Waals surface area contributed by atoms with Gasteiger partial charge in [0.2, 0.25) is 5.65 Å². The predicted molar refractivity (Wildman–Crippen MR) is 92.7 cm³/mol. The molecule has 0 unspecified atom stereocenters. The van der Waals surface area contributed by atoms with Crippen molar-refractivity contribution in [3.63, 3.8) is 0 Å². The molecule has 1 aliphatic heterocycles. The Morgan fingerprint density at radius 1 is 1.08 bits per heavy atom. The molecular formula is C17H20N6O. The summed E-state index contributed by atoms with van der Waals surface area (Å²) in [4.78, 5) is 4.63. The quantitative estimate of drug-likeness (QED) is 0.791. The highest BCUT2D eigenvalue weighted by Crippen LogP contribution is 2.25. The normalized spacial score (nSPS) is 15.2. The molecule has 124 valence electrons. The van der Waals surface area contributed by atoms with E-state index >= 15 is 0 Å². The number of rotatable bonds is 3. The van der Waals surface area contributed by atoms with Crippen LogP contribution >= 0.6 is 0 Å². The third kappa shape index (κ3) is 2.62. The summed E-state index contributed by atoms with van der Waals surface area (Å²) in [5.41, 5.74) is 3.99. The summed E-state index contributed by atoms with van der Waals surface area (Å²) >= 11 is 0. The van der Waals surface area contributed by atoms with Gasteiger partial charge < -0.3 is 14.9 Å². The lowest BCUT2D eigenvalue weighted by atomic mass is 10.2. The van der Waals surface area contributed by atoms with Gasteiger partial charge in [0.1, 0.15) is 12.1 Å². The van der Waals surface area contributed by atoms with Crippen molar-refractivity contribution >= 4 is 17.0 Å². The SMILES string of the molecule is CCc1cc(N2CCN(c3cccc(O)c3)CC2)c2nncn2n1. The van der Waals surface area contributed by atoms with Crippen LogP contribution in [0.1, 0.15) is 12.6 Å². The fourth-order valence-electron chi connectivity index (χ4n) is 3.16. The molecule has 0 amide bonds. The number of phenolic OH excluding ortho intramolecular Hbond substituents is 1. The molecule has 0 aliphatic carbocycles. The second-order valence-electron chi connectivity index (χ2n) is 5.97. The Labute approximate surface area is 140 Å². The highest BCUT2D eigenvalue weighted by atomic mass is 16.3. The monoisotopic (exact) mass is 324 g/mol. The lowest BCUT2D eigenvalue weighted by Crippen LogP contribution is -2.46. The number of phenols is 1. The van der Waals surface area contributed by atoms with Crippen molar-refractivity contribution in [3.8, 4) is 5.75 Å². The zero-order valence-electron chi connectivity index (χ0n) is 13.6. The zero-order chi connectivity index (χ0) is 16.5. The number of nitrogens with zero attached hydrogens (tertiary/aromatic N) is 6. The van der Waals surface area contributed by atoms with Crippen LogP contribution in [0.25, 0.3) is 5.65 Å². The zero-order valence-corrected chi connectivity index (χ0v) is 13.6. The van der Waals surface area contributed by atoms with Crippen molar-refractivity contribution in [2.24, 2.45) is 0 Å². The van der Waals surface area contributed by atoms with Crippen molar-refractivity contribution in [2.75, 3.05) is 36.0 Å². The van der Waals surface area contributed by atoms with Gasteiger partial charge in [0.15, 0.2) is 0 Å². The predicted octanol–water partition coefficient (Wildman–Crippen LogP) is 1.72. The van der Waals surface area contributed by atoms with Gasteiger partial charge in [-0.2, -0.15) is 9.61 Å². The first-order chi connectivity index (χ1) is 11.7. The Bertz CT molecular complexity index is 853. The summed E-state index contributed by atoms with van der Waals surface area (Å²) in [5.74, 6) is 0.307. The van der Waals surface area contributed by atoms with Crippen LogP contribution in [0.4, 0.5) is 11.4 Å². The highest BCUT2D eigenvalue weighted by molar-refractivity contribution is 5.69. The molecule has 1 aliphatic rings. The van der Waals surface area contributed by atoms with Crippen LogP contribution in [0, 0.1) is 0 Å². The van der Waals surface area contributed by atoms with Crippen molar-refractivity contribution in [3.05, 3.63) is 42.4 Å². The van der Waals surface area contributed by atoms with Gasteiger partial charge in [-0.25, -0.2) is 0 Å². The fourth-order valence-corrected chi connectivity index (χ4v) is 3.16. The number of aromatic nitrogens is 4. The second-order valence-corrected chi connectivity index (χ2v) is 5.97. The fraction of sp³-hybridized carbons (Fsp3) is 0.353. The van der Waals surface area contributed by atoms with Crippen LogP contribution in [-0.4, -0.2) is 51.1 Å². The molecule has 3 heterocycles. The summed E-state index contributed by atoms with van der Waals surface area (Å²) < 4.78 is 1.76. The number of hydrogen-bond acceptors (Lipinski definition) is 6. The lowest BCUT2D eigenvalue weighted by Gasteiger charge is -2.37. The van der Waals surface area contributed by atoms with Crippen molar-refractivity contribution in [2.45, 2.75) is 13.3 Å². The second kappa shape index (κ2) is 5.99. The average molecular weight is 324 g/mol. The topological polar surface area (TPSA) is 69.8 Å². The summed E-state index contributed by atoms with van der Waals surface area (Å²) in [7, 11) is 0. The molecule has 0 atom stereocenters. The number of benzene rings is 1. The summed E-state index contributed by atoms with van der Waals surface area (Å²) in [5, 5.41) is 22.4. The molecule has 1 N–H and O–H groups in total. The first kappa shape index (κ1) is 14.7. The van der Waals surface area contributed by atoms with Gasteiger partial charge in [-0.05, 0) is 24.6 Å². The van der Waals surface area contributed by atoms with E-state index in [1.54, 1.807) is 16.9 Å². The number of fused-ring (bicyclic) bond motifs is 1. The van der Waals surface area contributed by atoms with Crippen LogP contribution in [0.5, 0.6) is 5.75 Å². The van der Waals surface area contributed by atoms with E-state index in [1.165, 1.54) is 0 Å². The number of piperazine rings is 1. The Hall–Kier alpha value is -2.83. The van der Waals surface area contributed by atoms with Crippen LogP contribution < -0.4 is 9.80 Å². The van der Waals surface area contributed by atoms with Gasteiger partial charge in [0.05, 0.1) is 11.4 Å². The number of aromatic hydroxyl groups is 1. The van der Waals surface area contributed by atoms with Gasteiger partial charge >= 0.3 is 0 Å². The Balaban J connectivity index is 1.57. The van der Waals surface area contributed by atoms with Gasteiger partial charge in [0.25, 0.3) is 0 Å². The van der Waals surface area contributed by atoms with Gasteiger partial charge in [-0.1, -0.05) is 13.0 Å². The van der Waals surface area contributed by atoms with E-state index in [9.17, 15) is 5.11 Å². The Morgan fingerprint density at radius 3 is 2.62 bits per heavy atom. The summed E-state index contributed by atoms with van der Waals surface area (Å²) in [6, 6.07) is 9.55. The molecule has 0 spiro atoms. The van der Waals surface area contributed by atoms with Crippen molar-refractivity contribution in [1.29, 1.82) is 0 Å². The molecule has 0 saturated carbocycles. The highest BCUT2D eigenvalue weighted by Gasteiger charge is 2.21. The molecule has 7 nitrogen and oxygen atoms in total. The molecule has 7 heteroatoms. The maximum Gasteiger partial charge on any atom is 0.200 e. The van der Waals surface area contributed by atoms with Crippen molar-refractivity contribution < 1.29 is 5.11 Å². The molecule has 1 saturated heterocycles. The Morgan fingerprint density at radius 2 is 1.88 bits per heavy atom. The molecule has 0 radical (unpaired) electrons. The van der Waals surface area contributed by atoms with Gasteiger partial charge in [-0.15, -0.1) is 10.2 Å². The first-order valence-electron chi connectivity index (χ1n) is 8.23. The van der Waals surface area contributed by atoms with Crippen LogP contribution in [0.3, 0.4) is 0 Å². The Kier molecular flexibility index (Phi) is 3.68. The molecule has 3 aromatic rings. The van der Waals surface area contributed by atoms with E-state index in [0.29, 0.717) is 5.75 Å². The molecule has 0 bridgehead atoms. The van der Waals surface area contributed by atoms with Crippen LogP contribution in [0.2, 0.25) is 0 Å². The van der Waals surface area contributed by atoms with Crippen LogP contribution in [-0.2, 0) is 6.42 Å². The molecule has 24 heavy (non-hydrogen) atoms. The maximum absolute atomic E-state index is 9.66. The number of hydrogen-bond donors (Lipinski definition) is 1. The van der Waals surface area contributed by atoms with E-state index in [2.05, 4.69) is 38.1 Å². The molecule has 2 aromatic heterocycles. The first-order valence-corrected chi connectivity index (χ1v) is 8.23. The average Bonchev–Trinajstić information content (AvgIpc) is 3.09. The maximum atomic E-state index is 9.66. The summed E-state index contributed by atoms with van der Waals surface area (Å²) in [6.45, 7) is 5.68. The van der Waals surface area contributed by atoms with E-state index in [-0.39, 0.29) is 0 Å². The van der Waals surface area contributed by atoms with Crippen LogP contribution in [0.15, 0.2) is 36.7 Å². The molecule has 4 rings (SSSR count). The van der Waals surface area contributed by atoms with E-state index in [4.69, 9.17) is 0 Å². The smallest absolute Gasteiger partial charge is 0.200 e. The minimum absolute atomic E-state index is 0.307. The number of aryl methyl sites for hydroxylation is 1. The van der Waals surface area contributed by atoms with E-state index in [1.807, 2.05) is 18.2 Å². The molecular weight excluding hydrogens is 304 g/mol. The third-order valence-electron chi connectivity index (χ3n) is 4.48. The standard InChI is InChI=1S/C17H20N6O/c1-2-13-10-16(17-19-18-12-23(17)20-13)22-8-6-21(7-9-22)14-4-3-5-15(24)11-14/h3-5,10-12,24H,2,6-9H2,1H3. The summed E-state index contributed by atoms with van der Waals surface area (Å²) in [6.07, 6.45) is 2.53. The van der Waals surface area contributed by atoms with Gasteiger partial charge in [0, 0.05) is 37.9 Å². The van der Waals surface area contributed by atoms with E-state index in [0.717, 1.165) is 55.3 Å². The minimum atomic E-state index is 0.307. The largest absolute Gasteiger partial charge is 0.508 e. The van der Waals surface area contributed by atoms with Gasteiger partial charge in [-0.3, -0.25) is 0 Å². The van der Waals surface area contributed by atoms with E-state index < -0.39 is 0 Å².